The zero-order chi connectivity index (χ0) is 13.7. The van der Waals surface area contributed by atoms with Crippen LogP contribution in [-0.4, -0.2) is 24.4 Å². The molecule has 0 aliphatic carbocycles. The molecule has 1 aromatic rings. The Morgan fingerprint density at radius 1 is 1.39 bits per heavy atom. The van der Waals surface area contributed by atoms with E-state index in [0.717, 1.165) is 5.56 Å². The Labute approximate surface area is 114 Å². The Hall–Kier alpha value is -1.06. The van der Waals surface area contributed by atoms with Crippen LogP contribution < -0.4 is 5.73 Å². The number of nitrogens with two attached hydrogens (primary N) is 1. The molecule has 0 aliphatic rings. The van der Waals surface area contributed by atoms with Gasteiger partial charge in [-0.2, -0.15) is 0 Å². The number of nitrogens with zero attached hydrogens (tertiary/aromatic N) is 1. The van der Waals surface area contributed by atoms with Crippen LogP contribution in [0.5, 0.6) is 0 Å². The lowest BCUT2D eigenvalue weighted by Gasteiger charge is -2.32. The first-order valence-electron chi connectivity index (χ1n) is 6.19. The van der Waals surface area contributed by atoms with Crippen LogP contribution in [-0.2, 0) is 4.79 Å². The minimum absolute atomic E-state index is 0.0160. The number of benzene rings is 1. The highest BCUT2D eigenvalue weighted by Gasteiger charge is 2.25. The first-order valence-corrected chi connectivity index (χ1v) is 6.57. The Bertz CT molecular complexity index is 407. The Morgan fingerprint density at radius 2 is 2.00 bits per heavy atom. The molecule has 18 heavy (non-hydrogen) atoms. The fourth-order valence-corrected chi connectivity index (χ4v) is 2.43. The Kier molecular flexibility index (Phi) is 5.63. The fraction of sp³-hybridized carbons (Fsp3) is 0.500. The van der Waals surface area contributed by atoms with Crippen LogP contribution in [0, 0.1) is 5.92 Å². The predicted molar refractivity (Wildman–Crippen MR) is 75.5 cm³/mol. The lowest BCUT2D eigenvalue weighted by Crippen LogP contribution is -2.35. The van der Waals surface area contributed by atoms with E-state index in [1.165, 1.54) is 0 Å². The number of hydrogen-bond donors (Lipinski definition) is 1. The molecule has 1 rings (SSSR count). The number of carbonyl (C=O) groups excluding carboxylic acids is 1. The summed E-state index contributed by atoms with van der Waals surface area (Å²) in [5.74, 6) is 0.341. The van der Waals surface area contributed by atoms with Gasteiger partial charge in [-0.15, -0.1) is 0 Å². The minimum atomic E-state index is -0.0160. The summed E-state index contributed by atoms with van der Waals surface area (Å²) in [4.78, 5) is 13.7. The second-order valence-corrected chi connectivity index (χ2v) is 5.16. The van der Waals surface area contributed by atoms with Crippen LogP contribution in [0.25, 0.3) is 0 Å². The summed E-state index contributed by atoms with van der Waals surface area (Å²) >= 11 is 6.23. The third-order valence-electron chi connectivity index (χ3n) is 3.02. The van der Waals surface area contributed by atoms with E-state index in [9.17, 15) is 4.79 Å². The third kappa shape index (κ3) is 3.47. The van der Waals surface area contributed by atoms with Crippen LogP contribution in [0.2, 0.25) is 5.02 Å². The van der Waals surface area contributed by atoms with E-state index in [0.29, 0.717) is 18.0 Å². The molecule has 0 radical (unpaired) electrons. The molecule has 0 aromatic heterocycles. The third-order valence-corrected chi connectivity index (χ3v) is 3.37. The van der Waals surface area contributed by atoms with E-state index in [1.807, 2.05) is 31.3 Å². The van der Waals surface area contributed by atoms with Gasteiger partial charge in [0.25, 0.3) is 0 Å². The average Bonchev–Trinajstić information content (AvgIpc) is 2.31. The normalized spacial score (nSPS) is 12.6. The van der Waals surface area contributed by atoms with Crippen molar-refractivity contribution in [3.8, 4) is 0 Å². The zero-order valence-electron chi connectivity index (χ0n) is 11.2. The van der Waals surface area contributed by atoms with Crippen molar-refractivity contribution in [2.45, 2.75) is 26.3 Å². The van der Waals surface area contributed by atoms with Crippen molar-refractivity contribution in [1.29, 1.82) is 0 Å². The van der Waals surface area contributed by atoms with Gasteiger partial charge in [-0.3, -0.25) is 4.79 Å². The molecule has 3 nitrogen and oxygen atoms in total. The summed E-state index contributed by atoms with van der Waals surface area (Å²) < 4.78 is 0. The van der Waals surface area contributed by atoms with E-state index in [-0.39, 0.29) is 17.9 Å². The Balaban J connectivity index is 3.04. The largest absolute Gasteiger partial charge is 0.338 e. The van der Waals surface area contributed by atoms with Gasteiger partial charge in [0, 0.05) is 25.0 Å². The maximum absolute atomic E-state index is 12.0. The molecule has 4 heteroatoms. The molecule has 0 fully saturated rings. The number of halogens is 1. The highest BCUT2D eigenvalue weighted by atomic mass is 35.5. The number of hydrogen-bond acceptors (Lipinski definition) is 2. The van der Waals surface area contributed by atoms with Crippen molar-refractivity contribution in [1.82, 2.24) is 4.90 Å². The molecule has 0 saturated heterocycles. The van der Waals surface area contributed by atoms with E-state index in [4.69, 9.17) is 17.3 Å². The number of carbonyl (C=O) groups is 1. The van der Waals surface area contributed by atoms with Crippen molar-refractivity contribution in [2.24, 2.45) is 11.7 Å². The molecule has 1 aromatic carbocycles. The van der Waals surface area contributed by atoms with Gasteiger partial charge in [-0.1, -0.05) is 43.6 Å². The van der Waals surface area contributed by atoms with Crippen molar-refractivity contribution < 1.29 is 4.79 Å². The Morgan fingerprint density at radius 3 is 2.50 bits per heavy atom. The van der Waals surface area contributed by atoms with Crippen molar-refractivity contribution in [3.05, 3.63) is 34.9 Å². The van der Waals surface area contributed by atoms with Crippen LogP contribution in [0.3, 0.4) is 0 Å². The quantitative estimate of drug-likeness (QED) is 0.893. The van der Waals surface area contributed by atoms with Crippen molar-refractivity contribution in [3.63, 3.8) is 0 Å². The van der Waals surface area contributed by atoms with Gasteiger partial charge in [0.2, 0.25) is 5.91 Å². The maximum atomic E-state index is 12.0. The fourth-order valence-electron chi connectivity index (χ4n) is 2.18. The topological polar surface area (TPSA) is 46.3 Å². The molecule has 0 aliphatic heterocycles. The highest BCUT2D eigenvalue weighted by Crippen LogP contribution is 2.32. The molecule has 0 saturated carbocycles. The second-order valence-electron chi connectivity index (χ2n) is 4.75. The van der Waals surface area contributed by atoms with E-state index >= 15 is 0 Å². The lowest BCUT2D eigenvalue weighted by molar-refractivity contribution is -0.132. The molecule has 1 atom stereocenters. The van der Waals surface area contributed by atoms with E-state index in [2.05, 4.69) is 13.8 Å². The molecule has 1 amide bonds. The second kappa shape index (κ2) is 6.76. The molecular weight excluding hydrogens is 248 g/mol. The SMILES string of the molecule is CC(C)C(c1ccccc1Cl)N(C)C(=O)CCN. The van der Waals surface area contributed by atoms with Gasteiger partial charge < -0.3 is 10.6 Å². The molecule has 1 unspecified atom stereocenters. The summed E-state index contributed by atoms with van der Waals surface area (Å²) in [5, 5.41) is 0.698. The standard InChI is InChI=1S/C14H21ClN2O/c1-10(2)14(17(3)13(18)8-9-16)11-6-4-5-7-12(11)15/h4-7,10,14H,8-9,16H2,1-3H3. The molecule has 0 heterocycles. The van der Waals surface area contributed by atoms with Crippen LogP contribution in [0.4, 0.5) is 0 Å². The van der Waals surface area contributed by atoms with Gasteiger partial charge in [-0.25, -0.2) is 0 Å². The van der Waals surface area contributed by atoms with Gasteiger partial charge in [0.05, 0.1) is 6.04 Å². The first-order chi connectivity index (χ1) is 8.49. The summed E-state index contributed by atoms with van der Waals surface area (Å²) in [7, 11) is 1.81. The van der Waals surface area contributed by atoms with Crippen molar-refractivity contribution >= 4 is 17.5 Å². The van der Waals surface area contributed by atoms with Gasteiger partial charge in [0.15, 0.2) is 0 Å². The van der Waals surface area contributed by atoms with Crippen LogP contribution >= 0.6 is 11.6 Å². The lowest BCUT2D eigenvalue weighted by atomic mass is 9.94. The molecule has 2 N–H and O–H groups in total. The molecule has 0 bridgehead atoms. The zero-order valence-corrected chi connectivity index (χ0v) is 11.9. The highest BCUT2D eigenvalue weighted by molar-refractivity contribution is 6.31. The maximum Gasteiger partial charge on any atom is 0.224 e. The van der Waals surface area contributed by atoms with Crippen LogP contribution in [0.1, 0.15) is 31.9 Å². The molecular formula is C14H21ClN2O. The minimum Gasteiger partial charge on any atom is -0.338 e. The number of rotatable bonds is 5. The van der Waals surface area contributed by atoms with E-state index < -0.39 is 0 Å². The van der Waals surface area contributed by atoms with E-state index in [1.54, 1.807) is 4.90 Å². The monoisotopic (exact) mass is 268 g/mol. The summed E-state index contributed by atoms with van der Waals surface area (Å²) in [5.41, 5.74) is 6.43. The first kappa shape index (κ1) is 15.0. The molecule has 0 spiro atoms. The summed E-state index contributed by atoms with van der Waals surface area (Å²) in [6, 6.07) is 7.65. The van der Waals surface area contributed by atoms with Gasteiger partial charge in [0.1, 0.15) is 0 Å². The number of amides is 1. The van der Waals surface area contributed by atoms with Crippen LogP contribution in [0.15, 0.2) is 24.3 Å². The summed E-state index contributed by atoms with van der Waals surface area (Å²) in [6.45, 7) is 4.54. The smallest absolute Gasteiger partial charge is 0.224 e. The van der Waals surface area contributed by atoms with Gasteiger partial charge >= 0.3 is 0 Å². The van der Waals surface area contributed by atoms with Gasteiger partial charge in [-0.05, 0) is 17.5 Å². The average molecular weight is 269 g/mol. The van der Waals surface area contributed by atoms with Crippen molar-refractivity contribution in [2.75, 3.05) is 13.6 Å². The molecule has 100 valence electrons. The summed E-state index contributed by atoms with van der Waals surface area (Å²) in [6.07, 6.45) is 0.365. The predicted octanol–water partition coefficient (Wildman–Crippen LogP) is 2.84.